The van der Waals surface area contributed by atoms with Crippen molar-refractivity contribution in [2.75, 3.05) is 5.32 Å². The second-order valence-corrected chi connectivity index (χ2v) is 5.75. The number of allylic oxidation sites excluding steroid dienone is 3. The molecule has 4 nitrogen and oxygen atoms in total. The van der Waals surface area contributed by atoms with Crippen molar-refractivity contribution in [1.29, 1.82) is 0 Å². The number of H-pyrrole nitrogens is 1. The standard InChI is InChI=1S/C19H22N4S/c1-4-7-9-14(6-3)20-19(24)21-15-11-12-16-17(13-15)23-18(22-16)10-8-5-2/h1,6-7,9,11-13H,5,8,10H2,2-3H3,(H,22,23)(H2,20,21,24)/b9-7-,14-6+. The van der Waals surface area contributed by atoms with Crippen LogP contribution in [-0.2, 0) is 6.42 Å². The number of unbranched alkanes of at least 4 members (excludes halogenated alkanes) is 1. The highest BCUT2D eigenvalue weighted by atomic mass is 32.1. The van der Waals surface area contributed by atoms with Gasteiger partial charge in [-0.2, -0.15) is 0 Å². The van der Waals surface area contributed by atoms with Crippen LogP contribution in [0.3, 0.4) is 0 Å². The lowest BCUT2D eigenvalue weighted by molar-refractivity contribution is 0.765. The Morgan fingerprint density at radius 3 is 3.00 bits per heavy atom. The minimum Gasteiger partial charge on any atom is -0.342 e. The Labute approximate surface area is 148 Å². The topological polar surface area (TPSA) is 52.7 Å². The molecule has 0 aliphatic rings. The summed E-state index contributed by atoms with van der Waals surface area (Å²) in [6.07, 6.45) is 13.8. The molecule has 24 heavy (non-hydrogen) atoms. The summed E-state index contributed by atoms with van der Waals surface area (Å²) in [5, 5.41) is 6.79. The highest BCUT2D eigenvalue weighted by Crippen LogP contribution is 2.18. The van der Waals surface area contributed by atoms with Crippen LogP contribution in [0.4, 0.5) is 5.69 Å². The summed E-state index contributed by atoms with van der Waals surface area (Å²) >= 11 is 5.34. The number of fused-ring (bicyclic) bond motifs is 1. The van der Waals surface area contributed by atoms with Gasteiger partial charge in [-0.3, -0.25) is 0 Å². The van der Waals surface area contributed by atoms with Gasteiger partial charge in [0.05, 0.1) is 11.0 Å². The minimum atomic E-state index is 0.509. The van der Waals surface area contributed by atoms with Crippen molar-refractivity contribution in [2.24, 2.45) is 0 Å². The molecule has 1 aromatic carbocycles. The van der Waals surface area contributed by atoms with Crippen LogP contribution < -0.4 is 10.6 Å². The van der Waals surface area contributed by atoms with E-state index in [1.807, 2.05) is 31.2 Å². The summed E-state index contributed by atoms with van der Waals surface area (Å²) < 4.78 is 0. The Balaban J connectivity index is 2.05. The second-order valence-electron chi connectivity index (χ2n) is 5.34. The summed E-state index contributed by atoms with van der Waals surface area (Å²) in [5.41, 5.74) is 3.72. The third-order valence-corrected chi connectivity index (χ3v) is 3.69. The van der Waals surface area contributed by atoms with E-state index in [0.717, 1.165) is 47.5 Å². The minimum absolute atomic E-state index is 0.509. The Kier molecular flexibility index (Phi) is 6.59. The van der Waals surface area contributed by atoms with Crippen LogP contribution in [0, 0.1) is 12.3 Å². The van der Waals surface area contributed by atoms with E-state index in [2.05, 4.69) is 33.4 Å². The Morgan fingerprint density at radius 2 is 2.29 bits per heavy atom. The van der Waals surface area contributed by atoms with Gasteiger partial charge in [0, 0.05) is 17.8 Å². The molecule has 0 aliphatic carbocycles. The van der Waals surface area contributed by atoms with Crippen molar-refractivity contribution >= 4 is 34.1 Å². The van der Waals surface area contributed by atoms with Crippen molar-refractivity contribution in [3.8, 4) is 12.3 Å². The summed E-state index contributed by atoms with van der Waals surface area (Å²) in [5.74, 6) is 3.48. The van der Waals surface area contributed by atoms with E-state index < -0.39 is 0 Å². The van der Waals surface area contributed by atoms with Gasteiger partial charge in [-0.25, -0.2) is 4.98 Å². The van der Waals surface area contributed by atoms with E-state index in [1.165, 1.54) is 0 Å². The molecule has 2 aromatic rings. The SMILES string of the molecule is C#C/C=C\C(=C/C)NC(=S)Nc1ccc2nc(CCCC)[nH]c2c1. The van der Waals surface area contributed by atoms with Crippen LogP contribution in [0.1, 0.15) is 32.5 Å². The number of hydrogen-bond acceptors (Lipinski definition) is 2. The fourth-order valence-corrected chi connectivity index (χ4v) is 2.48. The van der Waals surface area contributed by atoms with Crippen molar-refractivity contribution in [1.82, 2.24) is 15.3 Å². The number of anilines is 1. The van der Waals surface area contributed by atoms with Crippen LogP contribution in [0.2, 0.25) is 0 Å². The van der Waals surface area contributed by atoms with Crippen molar-refractivity contribution in [3.63, 3.8) is 0 Å². The zero-order valence-corrected chi connectivity index (χ0v) is 14.8. The van der Waals surface area contributed by atoms with Crippen molar-refractivity contribution in [3.05, 3.63) is 47.9 Å². The van der Waals surface area contributed by atoms with Gasteiger partial charge in [-0.05, 0) is 55.9 Å². The summed E-state index contributed by atoms with van der Waals surface area (Å²) in [6.45, 7) is 4.09. The molecule has 0 saturated heterocycles. The maximum Gasteiger partial charge on any atom is 0.175 e. The molecule has 1 heterocycles. The molecule has 3 N–H and O–H groups in total. The largest absolute Gasteiger partial charge is 0.342 e. The van der Waals surface area contributed by atoms with Crippen molar-refractivity contribution < 1.29 is 0 Å². The molecule has 0 saturated carbocycles. The van der Waals surface area contributed by atoms with Gasteiger partial charge in [-0.1, -0.05) is 25.3 Å². The number of thiocarbonyl (C=S) groups is 1. The lowest BCUT2D eigenvalue weighted by atomic mass is 10.2. The second kappa shape index (κ2) is 8.90. The molecule has 0 fully saturated rings. The number of rotatable bonds is 6. The molecule has 0 spiro atoms. The number of aromatic nitrogens is 2. The molecule has 124 valence electrons. The monoisotopic (exact) mass is 338 g/mol. The van der Waals surface area contributed by atoms with E-state index in [1.54, 1.807) is 12.2 Å². The molecular formula is C19H22N4S. The summed E-state index contributed by atoms with van der Waals surface area (Å²) in [6, 6.07) is 5.97. The van der Waals surface area contributed by atoms with E-state index in [-0.39, 0.29) is 0 Å². The molecule has 0 radical (unpaired) electrons. The number of benzene rings is 1. The molecular weight excluding hydrogens is 316 g/mol. The smallest absolute Gasteiger partial charge is 0.175 e. The first-order chi connectivity index (χ1) is 11.7. The molecule has 2 rings (SSSR count). The van der Waals surface area contributed by atoms with Gasteiger partial charge < -0.3 is 15.6 Å². The highest BCUT2D eigenvalue weighted by Gasteiger charge is 2.05. The quantitative estimate of drug-likeness (QED) is 0.418. The first-order valence-electron chi connectivity index (χ1n) is 8.02. The zero-order valence-electron chi connectivity index (χ0n) is 14.0. The van der Waals surface area contributed by atoms with E-state index in [0.29, 0.717) is 5.11 Å². The van der Waals surface area contributed by atoms with Crippen LogP contribution in [-0.4, -0.2) is 15.1 Å². The summed E-state index contributed by atoms with van der Waals surface area (Å²) in [7, 11) is 0. The van der Waals surface area contributed by atoms with Crippen molar-refractivity contribution in [2.45, 2.75) is 33.1 Å². The number of aryl methyl sites for hydroxylation is 1. The molecule has 1 aromatic heterocycles. The maximum atomic E-state index is 5.34. The Hall–Kier alpha value is -2.58. The molecule has 0 amide bonds. The lowest BCUT2D eigenvalue weighted by Gasteiger charge is -2.10. The molecule has 0 atom stereocenters. The zero-order chi connectivity index (χ0) is 17.4. The molecule has 0 aliphatic heterocycles. The number of terminal acetylenes is 1. The normalized spacial score (nSPS) is 11.6. The predicted octanol–water partition coefficient (Wildman–Crippen LogP) is 4.29. The molecule has 5 heteroatoms. The number of imidazole rings is 1. The van der Waals surface area contributed by atoms with Crippen LogP contribution >= 0.6 is 12.2 Å². The van der Waals surface area contributed by atoms with Gasteiger partial charge in [-0.15, -0.1) is 6.42 Å². The average Bonchev–Trinajstić information content (AvgIpc) is 2.98. The van der Waals surface area contributed by atoms with Gasteiger partial charge in [0.2, 0.25) is 0 Å². The van der Waals surface area contributed by atoms with Gasteiger partial charge in [0.25, 0.3) is 0 Å². The van der Waals surface area contributed by atoms with Gasteiger partial charge in [0.1, 0.15) is 5.82 Å². The lowest BCUT2D eigenvalue weighted by Crippen LogP contribution is -2.27. The van der Waals surface area contributed by atoms with E-state index in [9.17, 15) is 0 Å². The van der Waals surface area contributed by atoms with Crippen LogP contribution in [0.25, 0.3) is 11.0 Å². The number of aromatic amines is 1. The number of hydrogen-bond donors (Lipinski definition) is 3. The number of nitrogens with zero attached hydrogens (tertiary/aromatic N) is 1. The third-order valence-electron chi connectivity index (χ3n) is 3.48. The fraction of sp³-hybridized carbons (Fsp3) is 0.263. The van der Waals surface area contributed by atoms with Gasteiger partial charge in [0.15, 0.2) is 5.11 Å². The first kappa shape index (κ1) is 17.8. The molecule has 0 unspecified atom stereocenters. The Morgan fingerprint density at radius 1 is 1.46 bits per heavy atom. The van der Waals surface area contributed by atoms with E-state index >= 15 is 0 Å². The first-order valence-corrected chi connectivity index (χ1v) is 8.42. The van der Waals surface area contributed by atoms with E-state index in [4.69, 9.17) is 18.6 Å². The highest BCUT2D eigenvalue weighted by molar-refractivity contribution is 7.80. The number of nitrogens with one attached hydrogen (secondary N) is 3. The third kappa shape index (κ3) is 4.97. The fourth-order valence-electron chi connectivity index (χ4n) is 2.24. The summed E-state index contributed by atoms with van der Waals surface area (Å²) in [4.78, 5) is 7.96. The average molecular weight is 338 g/mol. The van der Waals surface area contributed by atoms with Crippen LogP contribution in [0.5, 0.6) is 0 Å². The van der Waals surface area contributed by atoms with Gasteiger partial charge >= 0.3 is 0 Å². The Bertz CT molecular complexity index is 808. The van der Waals surface area contributed by atoms with Crippen LogP contribution in [0.15, 0.2) is 42.1 Å². The maximum absolute atomic E-state index is 5.34. The predicted molar refractivity (Wildman–Crippen MR) is 106 cm³/mol. The molecule has 0 bridgehead atoms.